The third-order valence-electron chi connectivity index (χ3n) is 5.95. The van der Waals surface area contributed by atoms with Crippen LogP contribution in [-0.4, -0.2) is 68.5 Å². The van der Waals surface area contributed by atoms with Gasteiger partial charge in [-0.15, -0.1) is 0 Å². The highest BCUT2D eigenvalue weighted by Gasteiger charge is 2.46. The number of hydrogen-bond donors (Lipinski definition) is 2. The van der Waals surface area contributed by atoms with Crippen molar-refractivity contribution in [2.24, 2.45) is 5.41 Å². The van der Waals surface area contributed by atoms with E-state index in [1.165, 1.54) is 0 Å². The molecule has 0 bridgehead atoms. The zero-order valence-electron chi connectivity index (χ0n) is 18.7. The maximum atomic E-state index is 12.2. The second kappa shape index (κ2) is 11.6. The Hall–Kier alpha value is -1.99. The number of carbonyl (C=O) groups is 1. The van der Waals surface area contributed by atoms with E-state index in [4.69, 9.17) is 14.6 Å². The maximum absolute atomic E-state index is 12.2. The lowest BCUT2D eigenvalue weighted by Gasteiger charge is -2.52. The van der Waals surface area contributed by atoms with E-state index in [9.17, 15) is 30.4 Å². The van der Waals surface area contributed by atoms with Crippen LogP contribution in [0.15, 0.2) is 24.3 Å². The average Bonchev–Trinajstić information content (AvgIpc) is 2.73. The van der Waals surface area contributed by atoms with E-state index in [1.807, 2.05) is 12.1 Å². The summed E-state index contributed by atoms with van der Waals surface area (Å²) < 4.78 is 87.2. The van der Waals surface area contributed by atoms with Gasteiger partial charge in [0.05, 0.1) is 5.75 Å². The monoisotopic (exact) mass is 516 g/mol. The number of benzene rings is 1. The van der Waals surface area contributed by atoms with Gasteiger partial charge in [-0.1, -0.05) is 12.1 Å². The van der Waals surface area contributed by atoms with Crippen LogP contribution in [0.25, 0.3) is 0 Å². The Labute approximate surface area is 195 Å². The van der Waals surface area contributed by atoms with Crippen LogP contribution < -0.4 is 9.46 Å². The zero-order chi connectivity index (χ0) is 25.6. The SMILES string of the molecule is CCS(=O)(=O)NC1CC2(CCN(Cc3ccc(OCC(F)F)cc3)CC2)C1.O=C(O)C(F)(F)F. The van der Waals surface area contributed by atoms with E-state index in [0.717, 1.165) is 50.9 Å². The molecule has 1 saturated heterocycles. The Kier molecular flexibility index (Phi) is 9.66. The molecule has 2 aliphatic rings. The number of hydrogen-bond acceptors (Lipinski definition) is 5. The number of nitrogens with one attached hydrogen (secondary N) is 1. The van der Waals surface area contributed by atoms with Gasteiger partial charge in [-0.2, -0.15) is 13.2 Å². The van der Waals surface area contributed by atoms with Crippen molar-refractivity contribution in [2.45, 2.75) is 57.8 Å². The first kappa shape index (κ1) is 28.2. The number of aliphatic carboxylic acids is 1. The molecule has 0 atom stereocenters. The molecule has 2 fully saturated rings. The number of halogens is 5. The number of nitrogens with zero attached hydrogens (tertiary/aromatic N) is 1. The molecule has 3 rings (SSSR count). The second-order valence-electron chi connectivity index (χ2n) is 8.55. The van der Waals surface area contributed by atoms with Gasteiger partial charge in [-0.25, -0.2) is 26.7 Å². The van der Waals surface area contributed by atoms with Crippen LogP contribution in [0.3, 0.4) is 0 Å². The number of carboxylic acids is 1. The summed E-state index contributed by atoms with van der Waals surface area (Å²) >= 11 is 0. The molecule has 0 amide bonds. The van der Waals surface area contributed by atoms with Crippen molar-refractivity contribution >= 4 is 16.0 Å². The molecule has 1 aliphatic carbocycles. The fourth-order valence-corrected chi connectivity index (χ4v) is 4.95. The number of carboxylic acid groups (broad SMARTS) is 1. The normalized spacial score (nSPS) is 18.8. The molecule has 1 aliphatic heterocycles. The summed E-state index contributed by atoms with van der Waals surface area (Å²) in [6, 6.07) is 7.41. The van der Waals surface area contributed by atoms with Crippen molar-refractivity contribution in [1.29, 1.82) is 0 Å². The summed E-state index contributed by atoms with van der Waals surface area (Å²) in [5, 5.41) is 7.12. The third kappa shape index (κ3) is 8.99. The maximum Gasteiger partial charge on any atom is 0.490 e. The highest BCUT2D eigenvalue weighted by molar-refractivity contribution is 7.89. The minimum atomic E-state index is -5.08. The van der Waals surface area contributed by atoms with Gasteiger partial charge in [0.1, 0.15) is 12.4 Å². The molecule has 13 heteroatoms. The molecular formula is C21H29F5N2O5S. The molecule has 1 heterocycles. The summed E-state index contributed by atoms with van der Waals surface area (Å²) in [7, 11) is -3.11. The van der Waals surface area contributed by atoms with Crippen LogP contribution >= 0.6 is 0 Å². The molecule has 1 aromatic rings. The van der Waals surface area contributed by atoms with E-state index in [0.29, 0.717) is 11.2 Å². The van der Waals surface area contributed by atoms with Gasteiger partial charge in [0.2, 0.25) is 10.0 Å². The lowest BCUT2D eigenvalue weighted by Crippen LogP contribution is -2.54. The molecule has 7 nitrogen and oxygen atoms in total. The number of alkyl halides is 5. The second-order valence-corrected chi connectivity index (χ2v) is 10.6. The van der Waals surface area contributed by atoms with Gasteiger partial charge in [-0.3, -0.25) is 4.90 Å². The van der Waals surface area contributed by atoms with E-state index >= 15 is 0 Å². The summed E-state index contributed by atoms with van der Waals surface area (Å²) in [5.74, 6) is -2.16. The third-order valence-corrected chi connectivity index (χ3v) is 7.40. The fraction of sp³-hybridized carbons (Fsp3) is 0.667. The van der Waals surface area contributed by atoms with Gasteiger partial charge in [0.25, 0.3) is 6.43 Å². The van der Waals surface area contributed by atoms with Crippen molar-refractivity contribution in [3.63, 3.8) is 0 Å². The van der Waals surface area contributed by atoms with Crippen molar-refractivity contribution in [3.8, 4) is 5.75 Å². The Balaban J connectivity index is 0.000000509. The van der Waals surface area contributed by atoms with Gasteiger partial charge < -0.3 is 9.84 Å². The highest BCUT2D eigenvalue weighted by Crippen LogP contribution is 2.49. The summed E-state index contributed by atoms with van der Waals surface area (Å²) in [6.07, 6.45) is -3.49. The minimum Gasteiger partial charge on any atom is -0.488 e. The van der Waals surface area contributed by atoms with E-state index in [-0.39, 0.29) is 11.8 Å². The predicted molar refractivity (Wildman–Crippen MR) is 114 cm³/mol. The molecular weight excluding hydrogens is 487 g/mol. The van der Waals surface area contributed by atoms with Crippen molar-refractivity contribution in [1.82, 2.24) is 9.62 Å². The molecule has 34 heavy (non-hydrogen) atoms. The molecule has 1 spiro atoms. The molecule has 194 valence electrons. The topological polar surface area (TPSA) is 95.9 Å². The highest BCUT2D eigenvalue weighted by atomic mass is 32.2. The molecule has 1 aromatic carbocycles. The van der Waals surface area contributed by atoms with Crippen molar-refractivity contribution < 1.29 is 45.0 Å². The van der Waals surface area contributed by atoms with Crippen LogP contribution in [0, 0.1) is 5.41 Å². The first-order valence-corrected chi connectivity index (χ1v) is 12.4. The Morgan fingerprint density at radius 2 is 1.74 bits per heavy atom. The smallest absolute Gasteiger partial charge is 0.488 e. The van der Waals surface area contributed by atoms with E-state index in [1.54, 1.807) is 19.1 Å². The van der Waals surface area contributed by atoms with Crippen molar-refractivity contribution in [3.05, 3.63) is 29.8 Å². The summed E-state index contributed by atoms with van der Waals surface area (Å²) in [5.41, 5.74) is 1.43. The van der Waals surface area contributed by atoms with Crippen LogP contribution in [0.5, 0.6) is 5.75 Å². The van der Waals surface area contributed by atoms with Crippen LogP contribution in [0.4, 0.5) is 22.0 Å². The summed E-state index contributed by atoms with van der Waals surface area (Å²) in [4.78, 5) is 11.3. The lowest BCUT2D eigenvalue weighted by molar-refractivity contribution is -0.192. The Morgan fingerprint density at radius 1 is 1.21 bits per heavy atom. The largest absolute Gasteiger partial charge is 0.490 e. The van der Waals surface area contributed by atoms with Gasteiger partial charge in [-0.05, 0) is 68.8 Å². The van der Waals surface area contributed by atoms with E-state index in [2.05, 4.69) is 9.62 Å². The number of ether oxygens (including phenoxy) is 1. The van der Waals surface area contributed by atoms with Gasteiger partial charge >= 0.3 is 12.1 Å². The zero-order valence-corrected chi connectivity index (χ0v) is 19.5. The van der Waals surface area contributed by atoms with Crippen LogP contribution in [0.1, 0.15) is 38.2 Å². The Morgan fingerprint density at radius 3 is 2.18 bits per heavy atom. The number of piperidine rings is 1. The first-order valence-electron chi connectivity index (χ1n) is 10.8. The standard InChI is InChI=1S/C19H28F2N2O3S.C2HF3O2/c1-2-27(24,25)22-16-11-19(12-16)7-9-23(10-8-19)13-15-3-5-17(6-4-15)26-14-18(20)21;3-2(4,5)1(6)7/h3-6,16,18,22H,2,7-14H2,1H3;(H,6,7). The molecule has 2 N–H and O–H groups in total. The molecule has 0 radical (unpaired) electrons. The fourth-order valence-electron chi connectivity index (χ4n) is 4.11. The van der Waals surface area contributed by atoms with Crippen LogP contribution in [0.2, 0.25) is 0 Å². The Bertz CT molecular complexity index is 893. The van der Waals surface area contributed by atoms with Crippen LogP contribution in [-0.2, 0) is 21.4 Å². The predicted octanol–water partition coefficient (Wildman–Crippen LogP) is 3.65. The summed E-state index contributed by atoms with van der Waals surface area (Å²) in [6.45, 7) is 3.90. The first-order chi connectivity index (χ1) is 15.7. The number of rotatable bonds is 8. The molecule has 0 unspecified atom stereocenters. The van der Waals surface area contributed by atoms with Gasteiger partial charge in [0, 0.05) is 12.6 Å². The average molecular weight is 517 g/mol. The van der Waals surface area contributed by atoms with Crippen molar-refractivity contribution in [2.75, 3.05) is 25.4 Å². The molecule has 1 saturated carbocycles. The van der Waals surface area contributed by atoms with E-state index < -0.39 is 35.2 Å². The number of likely N-dealkylation sites (tertiary alicyclic amines) is 1. The lowest BCUT2D eigenvalue weighted by atomic mass is 9.60. The molecule has 0 aromatic heterocycles. The van der Waals surface area contributed by atoms with Gasteiger partial charge in [0.15, 0.2) is 0 Å². The number of sulfonamides is 1. The quantitative estimate of drug-likeness (QED) is 0.513. The minimum absolute atomic E-state index is 0.0993.